The van der Waals surface area contributed by atoms with E-state index in [1.807, 2.05) is 25.1 Å². The molecule has 1 saturated heterocycles. The molecule has 0 aromatic carbocycles. The SMILES string of the molecule is Cc1ncc(CN(C)C(=O)C2CCNC2C)s1. The summed E-state index contributed by atoms with van der Waals surface area (Å²) in [5.41, 5.74) is 0. The van der Waals surface area contributed by atoms with Crippen molar-refractivity contribution in [2.75, 3.05) is 13.6 Å². The molecule has 2 atom stereocenters. The summed E-state index contributed by atoms with van der Waals surface area (Å²) in [5.74, 6) is 0.377. The maximum atomic E-state index is 12.2. The number of carbonyl (C=O) groups is 1. The van der Waals surface area contributed by atoms with Crippen LogP contribution in [0.5, 0.6) is 0 Å². The molecule has 1 aliphatic heterocycles. The predicted octanol–water partition coefficient (Wildman–Crippen LogP) is 1.41. The van der Waals surface area contributed by atoms with Crippen LogP contribution in [0.15, 0.2) is 6.20 Å². The van der Waals surface area contributed by atoms with Gasteiger partial charge in [0.25, 0.3) is 0 Å². The van der Waals surface area contributed by atoms with Gasteiger partial charge in [0.2, 0.25) is 5.91 Å². The average Bonchev–Trinajstić information content (AvgIpc) is 2.86. The third-order valence-electron chi connectivity index (χ3n) is 3.28. The van der Waals surface area contributed by atoms with E-state index in [9.17, 15) is 4.79 Å². The minimum atomic E-state index is 0.133. The molecule has 2 unspecified atom stereocenters. The highest BCUT2D eigenvalue weighted by atomic mass is 32.1. The summed E-state index contributed by atoms with van der Waals surface area (Å²) in [6, 6.07) is 0.299. The largest absolute Gasteiger partial charge is 0.340 e. The molecule has 1 aromatic heterocycles. The summed E-state index contributed by atoms with van der Waals surface area (Å²) < 4.78 is 0. The van der Waals surface area contributed by atoms with Gasteiger partial charge in [-0.25, -0.2) is 4.98 Å². The summed E-state index contributed by atoms with van der Waals surface area (Å²) in [4.78, 5) is 19.4. The first-order valence-electron chi connectivity index (χ1n) is 5.97. The van der Waals surface area contributed by atoms with Gasteiger partial charge in [-0.3, -0.25) is 4.79 Å². The highest BCUT2D eigenvalue weighted by Gasteiger charge is 2.31. The molecule has 2 heterocycles. The van der Waals surface area contributed by atoms with Crippen LogP contribution in [0.2, 0.25) is 0 Å². The van der Waals surface area contributed by atoms with Crippen LogP contribution < -0.4 is 5.32 Å². The molecule has 94 valence electrons. The van der Waals surface area contributed by atoms with Gasteiger partial charge in [0, 0.05) is 24.2 Å². The summed E-state index contributed by atoms with van der Waals surface area (Å²) in [6.07, 6.45) is 2.81. The van der Waals surface area contributed by atoms with Gasteiger partial charge in [0.1, 0.15) is 0 Å². The molecule has 17 heavy (non-hydrogen) atoms. The molecule has 0 aliphatic carbocycles. The number of hydrogen-bond acceptors (Lipinski definition) is 4. The number of carbonyl (C=O) groups excluding carboxylic acids is 1. The molecule has 1 aromatic rings. The lowest BCUT2D eigenvalue weighted by molar-refractivity contribution is -0.134. The Balaban J connectivity index is 1.95. The fraction of sp³-hybridized carbons (Fsp3) is 0.667. The lowest BCUT2D eigenvalue weighted by Crippen LogP contribution is -2.37. The molecule has 0 radical (unpaired) electrons. The standard InChI is InChI=1S/C12H19N3OS/c1-8-11(4-5-13-8)12(16)15(3)7-10-6-14-9(2)17-10/h6,8,11,13H,4-5,7H2,1-3H3. The van der Waals surface area contributed by atoms with Crippen molar-refractivity contribution < 1.29 is 4.79 Å². The van der Waals surface area contributed by atoms with E-state index in [1.165, 1.54) is 0 Å². The summed E-state index contributed by atoms with van der Waals surface area (Å²) in [7, 11) is 1.88. The normalized spacial score (nSPS) is 23.9. The Kier molecular flexibility index (Phi) is 3.79. The zero-order chi connectivity index (χ0) is 12.4. The maximum Gasteiger partial charge on any atom is 0.227 e. The minimum Gasteiger partial charge on any atom is -0.340 e. The molecular weight excluding hydrogens is 234 g/mol. The molecule has 0 bridgehead atoms. The van der Waals surface area contributed by atoms with Gasteiger partial charge < -0.3 is 10.2 Å². The fourth-order valence-electron chi connectivity index (χ4n) is 2.27. The average molecular weight is 253 g/mol. The van der Waals surface area contributed by atoms with Gasteiger partial charge >= 0.3 is 0 Å². The number of aromatic nitrogens is 1. The van der Waals surface area contributed by atoms with E-state index >= 15 is 0 Å². The number of amides is 1. The fourth-order valence-corrected chi connectivity index (χ4v) is 3.12. The zero-order valence-electron chi connectivity index (χ0n) is 10.6. The van der Waals surface area contributed by atoms with Crippen LogP contribution in [0.4, 0.5) is 0 Å². The monoisotopic (exact) mass is 253 g/mol. The Labute approximate surface area is 106 Å². The van der Waals surface area contributed by atoms with E-state index < -0.39 is 0 Å². The van der Waals surface area contributed by atoms with Gasteiger partial charge in [0.15, 0.2) is 0 Å². The molecular formula is C12H19N3OS. The summed E-state index contributed by atoms with van der Waals surface area (Å²) in [5, 5.41) is 4.37. The topological polar surface area (TPSA) is 45.2 Å². The van der Waals surface area contributed by atoms with Crippen molar-refractivity contribution in [1.29, 1.82) is 0 Å². The second-order valence-corrected chi connectivity index (χ2v) is 6.00. The molecule has 1 amide bonds. The number of rotatable bonds is 3. The number of hydrogen-bond donors (Lipinski definition) is 1. The van der Waals surface area contributed by atoms with Crippen molar-refractivity contribution in [2.24, 2.45) is 5.92 Å². The second kappa shape index (κ2) is 5.14. The lowest BCUT2D eigenvalue weighted by atomic mass is 10.0. The van der Waals surface area contributed by atoms with Crippen molar-refractivity contribution in [3.63, 3.8) is 0 Å². The van der Waals surface area contributed by atoms with Gasteiger partial charge in [-0.05, 0) is 26.8 Å². The molecule has 0 spiro atoms. The first-order valence-corrected chi connectivity index (χ1v) is 6.79. The lowest BCUT2D eigenvalue weighted by Gasteiger charge is -2.22. The molecule has 2 rings (SSSR count). The summed E-state index contributed by atoms with van der Waals surface area (Å²) in [6.45, 7) is 5.69. The van der Waals surface area contributed by atoms with Crippen LogP contribution in [0.25, 0.3) is 0 Å². The van der Waals surface area contributed by atoms with Crippen molar-refractivity contribution in [1.82, 2.24) is 15.2 Å². The Hall–Kier alpha value is -0.940. The first kappa shape index (κ1) is 12.5. The van der Waals surface area contributed by atoms with Gasteiger partial charge in [-0.2, -0.15) is 0 Å². The Morgan fingerprint density at radius 3 is 3.00 bits per heavy atom. The van der Waals surface area contributed by atoms with Gasteiger partial charge in [0.05, 0.1) is 17.5 Å². The van der Waals surface area contributed by atoms with Crippen molar-refractivity contribution >= 4 is 17.2 Å². The van der Waals surface area contributed by atoms with Crippen LogP contribution in [0.1, 0.15) is 23.2 Å². The molecule has 1 aliphatic rings. The van der Waals surface area contributed by atoms with E-state index in [0.29, 0.717) is 12.6 Å². The van der Waals surface area contributed by atoms with Crippen LogP contribution in [-0.2, 0) is 11.3 Å². The van der Waals surface area contributed by atoms with Crippen LogP contribution in [0, 0.1) is 12.8 Å². The first-order chi connectivity index (χ1) is 8.08. The Bertz CT molecular complexity index is 404. The highest BCUT2D eigenvalue weighted by molar-refractivity contribution is 7.11. The van der Waals surface area contributed by atoms with E-state index in [4.69, 9.17) is 0 Å². The van der Waals surface area contributed by atoms with Crippen LogP contribution >= 0.6 is 11.3 Å². The molecule has 0 saturated carbocycles. The maximum absolute atomic E-state index is 12.2. The van der Waals surface area contributed by atoms with Crippen LogP contribution in [-0.4, -0.2) is 35.4 Å². The van der Waals surface area contributed by atoms with Crippen molar-refractivity contribution in [3.05, 3.63) is 16.1 Å². The van der Waals surface area contributed by atoms with Crippen LogP contribution in [0.3, 0.4) is 0 Å². The smallest absolute Gasteiger partial charge is 0.227 e. The molecule has 1 N–H and O–H groups in total. The van der Waals surface area contributed by atoms with E-state index in [1.54, 1.807) is 11.3 Å². The number of nitrogens with one attached hydrogen (secondary N) is 1. The number of nitrogens with zero attached hydrogens (tertiary/aromatic N) is 2. The van der Waals surface area contributed by atoms with E-state index in [0.717, 1.165) is 22.9 Å². The van der Waals surface area contributed by atoms with Gasteiger partial charge in [-0.15, -0.1) is 11.3 Å². The van der Waals surface area contributed by atoms with Crippen molar-refractivity contribution in [2.45, 2.75) is 32.9 Å². The summed E-state index contributed by atoms with van der Waals surface area (Å²) >= 11 is 1.66. The molecule has 5 heteroatoms. The molecule has 4 nitrogen and oxygen atoms in total. The third kappa shape index (κ3) is 2.84. The van der Waals surface area contributed by atoms with Gasteiger partial charge in [-0.1, -0.05) is 0 Å². The van der Waals surface area contributed by atoms with E-state index in [-0.39, 0.29) is 11.8 Å². The zero-order valence-corrected chi connectivity index (χ0v) is 11.4. The van der Waals surface area contributed by atoms with Crippen molar-refractivity contribution in [3.8, 4) is 0 Å². The third-order valence-corrected chi connectivity index (χ3v) is 4.18. The number of aryl methyl sites for hydroxylation is 1. The second-order valence-electron chi connectivity index (χ2n) is 4.68. The predicted molar refractivity (Wildman–Crippen MR) is 68.9 cm³/mol. The number of thiazole rings is 1. The highest BCUT2D eigenvalue weighted by Crippen LogP contribution is 2.20. The minimum absolute atomic E-state index is 0.133. The van der Waals surface area contributed by atoms with E-state index in [2.05, 4.69) is 17.2 Å². The Morgan fingerprint density at radius 1 is 1.71 bits per heavy atom. The molecule has 1 fully saturated rings. The quantitative estimate of drug-likeness (QED) is 0.886. The Morgan fingerprint density at radius 2 is 2.47 bits per heavy atom.